The summed E-state index contributed by atoms with van der Waals surface area (Å²) in [5, 5.41) is 5.93. The molecule has 0 spiro atoms. The predicted molar refractivity (Wildman–Crippen MR) is 71.2 cm³/mol. The van der Waals surface area contributed by atoms with E-state index in [9.17, 15) is 0 Å². The van der Waals surface area contributed by atoms with Crippen LogP contribution < -0.4 is 15.4 Å². The number of aromatic nitrogens is 3. The molecule has 0 atom stereocenters. The lowest BCUT2D eigenvalue weighted by Crippen LogP contribution is -2.12. The van der Waals surface area contributed by atoms with Gasteiger partial charge in [-0.25, -0.2) is 0 Å². The summed E-state index contributed by atoms with van der Waals surface area (Å²) in [6.45, 7) is 4.33. The topological polar surface area (TPSA) is 85.1 Å². The minimum absolute atomic E-state index is 0.00466. The SMILES string of the molecule is CNc1nc(NCc2ccco2)nc(OC(C)C)n1. The third kappa shape index (κ3) is 3.84. The molecule has 0 radical (unpaired) electrons. The molecule has 7 nitrogen and oxygen atoms in total. The Balaban J connectivity index is 2.09. The maximum Gasteiger partial charge on any atom is 0.323 e. The fourth-order valence-corrected chi connectivity index (χ4v) is 1.39. The van der Waals surface area contributed by atoms with Crippen LogP contribution >= 0.6 is 0 Å². The molecule has 0 amide bonds. The first-order valence-corrected chi connectivity index (χ1v) is 6.04. The summed E-state index contributed by atoms with van der Waals surface area (Å²) >= 11 is 0. The van der Waals surface area contributed by atoms with E-state index in [1.165, 1.54) is 0 Å². The van der Waals surface area contributed by atoms with Crippen molar-refractivity contribution in [3.63, 3.8) is 0 Å². The van der Waals surface area contributed by atoms with Crippen LogP contribution in [0.2, 0.25) is 0 Å². The molecule has 2 aromatic heterocycles. The summed E-state index contributed by atoms with van der Waals surface area (Å²) in [4.78, 5) is 12.5. The second-order valence-corrected chi connectivity index (χ2v) is 4.11. The van der Waals surface area contributed by atoms with Crippen molar-refractivity contribution in [3.8, 4) is 6.01 Å². The van der Waals surface area contributed by atoms with Gasteiger partial charge in [-0.1, -0.05) is 0 Å². The van der Waals surface area contributed by atoms with Crippen LogP contribution in [0.5, 0.6) is 6.01 Å². The van der Waals surface area contributed by atoms with E-state index in [1.807, 2.05) is 26.0 Å². The maximum atomic E-state index is 5.47. The Hall–Kier alpha value is -2.31. The Morgan fingerprint density at radius 3 is 2.68 bits per heavy atom. The first kappa shape index (κ1) is 13.1. The predicted octanol–water partition coefficient (Wildman–Crippen LogP) is 1.91. The molecule has 0 aromatic carbocycles. The van der Waals surface area contributed by atoms with Crippen molar-refractivity contribution >= 4 is 11.9 Å². The van der Waals surface area contributed by atoms with Crippen LogP contribution in [0.25, 0.3) is 0 Å². The fraction of sp³-hybridized carbons (Fsp3) is 0.417. The normalized spacial score (nSPS) is 10.5. The lowest BCUT2D eigenvalue weighted by Gasteiger charge is -2.10. The van der Waals surface area contributed by atoms with Crippen LogP contribution in [0.3, 0.4) is 0 Å². The lowest BCUT2D eigenvalue weighted by atomic mass is 10.4. The molecule has 0 saturated carbocycles. The molecule has 2 rings (SSSR count). The standard InChI is InChI=1S/C12H17N5O2/c1-8(2)19-12-16-10(13-3)15-11(17-12)14-7-9-5-4-6-18-9/h4-6,8H,7H2,1-3H3,(H2,13,14,15,16,17). The second-order valence-electron chi connectivity index (χ2n) is 4.11. The molecule has 102 valence electrons. The monoisotopic (exact) mass is 263 g/mol. The van der Waals surface area contributed by atoms with Gasteiger partial charge in [-0.2, -0.15) is 15.0 Å². The van der Waals surface area contributed by atoms with Crippen LogP contribution in [0.1, 0.15) is 19.6 Å². The number of furan rings is 1. The molecule has 0 aliphatic carbocycles. The zero-order chi connectivity index (χ0) is 13.7. The molecule has 2 heterocycles. The average Bonchev–Trinajstić information content (AvgIpc) is 2.88. The van der Waals surface area contributed by atoms with Crippen LogP contribution in [0.15, 0.2) is 22.8 Å². The largest absolute Gasteiger partial charge is 0.467 e. The van der Waals surface area contributed by atoms with Crippen molar-refractivity contribution in [2.75, 3.05) is 17.7 Å². The maximum absolute atomic E-state index is 5.47. The summed E-state index contributed by atoms with van der Waals surface area (Å²) in [6, 6.07) is 3.99. The number of nitrogens with zero attached hydrogens (tertiary/aromatic N) is 3. The zero-order valence-electron chi connectivity index (χ0n) is 11.2. The van der Waals surface area contributed by atoms with E-state index in [0.29, 0.717) is 18.4 Å². The van der Waals surface area contributed by atoms with Crippen LogP contribution in [-0.4, -0.2) is 28.1 Å². The van der Waals surface area contributed by atoms with Gasteiger partial charge < -0.3 is 19.8 Å². The number of rotatable bonds is 6. The van der Waals surface area contributed by atoms with Gasteiger partial charge in [-0.3, -0.25) is 0 Å². The summed E-state index contributed by atoms with van der Waals surface area (Å²) in [7, 11) is 1.74. The highest BCUT2D eigenvalue weighted by molar-refractivity contribution is 5.35. The lowest BCUT2D eigenvalue weighted by molar-refractivity contribution is 0.222. The van der Waals surface area contributed by atoms with E-state index in [-0.39, 0.29) is 12.1 Å². The summed E-state index contributed by atoms with van der Waals surface area (Å²) in [6.07, 6.45) is 1.63. The van der Waals surface area contributed by atoms with Gasteiger partial charge in [-0.15, -0.1) is 0 Å². The van der Waals surface area contributed by atoms with E-state index in [0.717, 1.165) is 5.76 Å². The molecule has 0 aliphatic rings. The van der Waals surface area contributed by atoms with Crippen molar-refractivity contribution < 1.29 is 9.15 Å². The van der Waals surface area contributed by atoms with Crippen molar-refractivity contribution in [1.29, 1.82) is 0 Å². The molecule has 0 bridgehead atoms. The van der Waals surface area contributed by atoms with Crippen molar-refractivity contribution in [2.45, 2.75) is 26.5 Å². The van der Waals surface area contributed by atoms with Gasteiger partial charge >= 0.3 is 6.01 Å². The number of nitrogens with one attached hydrogen (secondary N) is 2. The Labute approximate surface area is 111 Å². The number of hydrogen-bond acceptors (Lipinski definition) is 7. The summed E-state index contributed by atoms with van der Waals surface area (Å²) < 4.78 is 10.7. The Bertz CT molecular complexity index is 513. The third-order valence-electron chi connectivity index (χ3n) is 2.18. The van der Waals surface area contributed by atoms with Crippen molar-refractivity contribution in [1.82, 2.24) is 15.0 Å². The van der Waals surface area contributed by atoms with Crippen LogP contribution in [-0.2, 0) is 6.54 Å². The number of ether oxygens (including phenoxy) is 1. The van der Waals surface area contributed by atoms with Gasteiger partial charge in [-0.05, 0) is 26.0 Å². The highest BCUT2D eigenvalue weighted by atomic mass is 16.5. The molecule has 0 aliphatic heterocycles. The first-order chi connectivity index (χ1) is 9.17. The van der Waals surface area contributed by atoms with E-state index < -0.39 is 0 Å². The van der Waals surface area contributed by atoms with E-state index in [1.54, 1.807) is 13.3 Å². The molecular formula is C12H17N5O2. The summed E-state index contributed by atoms with van der Waals surface area (Å²) in [5.74, 6) is 1.69. The zero-order valence-corrected chi connectivity index (χ0v) is 11.2. The summed E-state index contributed by atoms with van der Waals surface area (Å²) in [5.41, 5.74) is 0. The van der Waals surface area contributed by atoms with E-state index >= 15 is 0 Å². The minimum Gasteiger partial charge on any atom is -0.467 e. The molecule has 0 fully saturated rings. The second kappa shape index (κ2) is 6.03. The smallest absolute Gasteiger partial charge is 0.323 e. The minimum atomic E-state index is 0.00466. The van der Waals surface area contributed by atoms with Gasteiger partial charge in [0.2, 0.25) is 11.9 Å². The Kier molecular flexibility index (Phi) is 4.17. The van der Waals surface area contributed by atoms with Gasteiger partial charge in [0.15, 0.2) is 0 Å². The highest BCUT2D eigenvalue weighted by Crippen LogP contribution is 2.13. The average molecular weight is 263 g/mol. The molecule has 2 aromatic rings. The van der Waals surface area contributed by atoms with Gasteiger partial charge in [0.05, 0.1) is 18.9 Å². The highest BCUT2D eigenvalue weighted by Gasteiger charge is 2.08. The number of anilines is 2. The van der Waals surface area contributed by atoms with Crippen LogP contribution in [0, 0.1) is 0 Å². The van der Waals surface area contributed by atoms with Gasteiger partial charge in [0, 0.05) is 7.05 Å². The molecule has 7 heteroatoms. The Morgan fingerprint density at radius 1 is 1.26 bits per heavy atom. The molecular weight excluding hydrogens is 246 g/mol. The third-order valence-corrected chi connectivity index (χ3v) is 2.18. The molecule has 0 saturated heterocycles. The molecule has 2 N–H and O–H groups in total. The van der Waals surface area contributed by atoms with E-state index in [2.05, 4.69) is 25.6 Å². The number of hydrogen-bond donors (Lipinski definition) is 2. The molecule has 0 unspecified atom stereocenters. The van der Waals surface area contributed by atoms with Crippen LogP contribution in [0.4, 0.5) is 11.9 Å². The van der Waals surface area contributed by atoms with Crippen molar-refractivity contribution in [3.05, 3.63) is 24.2 Å². The quantitative estimate of drug-likeness (QED) is 0.823. The van der Waals surface area contributed by atoms with Crippen molar-refractivity contribution in [2.24, 2.45) is 0 Å². The Morgan fingerprint density at radius 2 is 2.05 bits per heavy atom. The van der Waals surface area contributed by atoms with Gasteiger partial charge in [0.25, 0.3) is 0 Å². The first-order valence-electron chi connectivity index (χ1n) is 6.04. The molecule has 19 heavy (non-hydrogen) atoms. The fourth-order valence-electron chi connectivity index (χ4n) is 1.39. The van der Waals surface area contributed by atoms with E-state index in [4.69, 9.17) is 9.15 Å². The van der Waals surface area contributed by atoms with Gasteiger partial charge in [0.1, 0.15) is 5.76 Å².